The van der Waals surface area contributed by atoms with Gasteiger partial charge in [0.2, 0.25) is 0 Å². The Labute approximate surface area is 115 Å². The maximum atomic E-state index is 5.97. The highest BCUT2D eigenvalue weighted by Crippen LogP contribution is 2.35. The van der Waals surface area contributed by atoms with Crippen molar-refractivity contribution in [3.8, 4) is 5.75 Å². The van der Waals surface area contributed by atoms with Gasteiger partial charge in [-0.05, 0) is 31.5 Å². The lowest BCUT2D eigenvalue weighted by Crippen LogP contribution is -2.52. The van der Waals surface area contributed by atoms with Crippen molar-refractivity contribution in [1.29, 1.82) is 0 Å². The molecule has 0 N–H and O–H groups in total. The van der Waals surface area contributed by atoms with Crippen molar-refractivity contribution in [2.75, 3.05) is 6.61 Å². The van der Waals surface area contributed by atoms with E-state index in [1.54, 1.807) is 0 Å². The zero-order chi connectivity index (χ0) is 12.4. The van der Waals surface area contributed by atoms with Crippen LogP contribution in [0.4, 0.5) is 0 Å². The highest BCUT2D eigenvalue weighted by Gasteiger charge is 2.42. The summed E-state index contributed by atoms with van der Waals surface area (Å²) in [6.07, 6.45) is 1.23. The SMILES string of the molecule is CCOC1C(Br)CC1Oc1cc(Cl)ccc1C. The Hall–Kier alpha value is -0.250. The van der Waals surface area contributed by atoms with Crippen molar-refractivity contribution in [2.24, 2.45) is 0 Å². The number of benzene rings is 1. The fourth-order valence-corrected chi connectivity index (χ4v) is 2.93. The van der Waals surface area contributed by atoms with Gasteiger partial charge in [-0.3, -0.25) is 0 Å². The molecule has 1 aromatic rings. The molecular weight excluding hydrogens is 303 g/mol. The van der Waals surface area contributed by atoms with Crippen LogP contribution in [0.1, 0.15) is 18.9 Å². The van der Waals surface area contributed by atoms with Gasteiger partial charge < -0.3 is 9.47 Å². The lowest BCUT2D eigenvalue weighted by Gasteiger charge is -2.41. The Morgan fingerprint density at radius 1 is 1.47 bits per heavy atom. The second-order valence-electron chi connectivity index (χ2n) is 4.24. The molecule has 0 saturated heterocycles. The Balaban J connectivity index is 2.03. The molecule has 1 saturated carbocycles. The minimum absolute atomic E-state index is 0.122. The molecule has 0 amide bonds. The third-order valence-electron chi connectivity index (χ3n) is 2.97. The highest BCUT2D eigenvalue weighted by molar-refractivity contribution is 9.09. The van der Waals surface area contributed by atoms with Gasteiger partial charge in [-0.1, -0.05) is 33.6 Å². The van der Waals surface area contributed by atoms with Crippen LogP contribution in [0.25, 0.3) is 0 Å². The molecule has 3 unspecified atom stereocenters. The van der Waals surface area contributed by atoms with E-state index in [2.05, 4.69) is 15.9 Å². The Bertz CT molecular complexity index is 397. The van der Waals surface area contributed by atoms with E-state index in [0.29, 0.717) is 16.5 Å². The Morgan fingerprint density at radius 3 is 2.88 bits per heavy atom. The standard InChI is InChI=1S/C13H16BrClO2/c1-3-16-13-10(14)7-12(13)17-11-6-9(15)5-4-8(11)2/h4-6,10,12-13H,3,7H2,1-2H3. The molecule has 0 heterocycles. The van der Waals surface area contributed by atoms with Crippen LogP contribution in [0.15, 0.2) is 18.2 Å². The molecule has 94 valence electrons. The molecule has 1 fully saturated rings. The molecule has 1 aliphatic rings. The van der Waals surface area contributed by atoms with Crippen LogP contribution in [-0.2, 0) is 4.74 Å². The van der Waals surface area contributed by atoms with Gasteiger partial charge in [0.15, 0.2) is 0 Å². The van der Waals surface area contributed by atoms with Crippen LogP contribution >= 0.6 is 27.5 Å². The summed E-state index contributed by atoms with van der Waals surface area (Å²) >= 11 is 9.55. The first-order valence-electron chi connectivity index (χ1n) is 5.80. The van der Waals surface area contributed by atoms with E-state index in [-0.39, 0.29) is 12.2 Å². The number of halogens is 2. The van der Waals surface area contributed by atoms with Crippen LogP contribution < -0.4 is 4.74 Å². The molecule has 2 rings (SSSR count). The lowest BCUT2D eigenvalue weighted by atomic mass is 9.91. The minimum Gasteiger partial charge on any atom is -0.487 e. The van der Waals surface area contributed by atoms with Crippen molar-refractivity contribution in [3.63, 3.8) is 0 Å². The van der Waals surface area contributed by atoms with Gasteiger partial charge in [-0.15, -0.1) is 0 Å². The van der Waals surface area contributed by atoms with Crippen LogP contribution in [0.5, 0.6) is 5.75 Å². The summed E-state index contributed by atoms with van der Waals surface area (Å²) in [5.74, 6) is 0.853. The second kappa shape index (κ2) is 5.59. The molecule has 4 heteroatoms. The van der Waals surface area contributed by atoms with Gasteiger partial charge in [0.25, 0.3) is 0 Å². The summed E-state index contributed by atoms with van der Waals surface area (Å²) < 4.78 is 11.6. The van der Waals surface area contributed by atoms with Gasteiger partial charge in [-0.25, -0.2) is 0 Å². The fraction of sp³-hybridized carbons (Fsp3) is 0.538. The van der Waals surface area contributed by atoms with Gasteiger partial charge in [-0.2, -0.15) is 0 Å². The molecule has 0 radical (unpaired) electrons. The highest BCUT2D eigenvalue weighted by atomic mass is 79.9. The van der Waals surface area contributed by atoms with Crippen LogP contribution in [-0.4, -0.2) is 23.6 Å². The predicted molar refractivity (Wildman–Crippen MR) is 73.4 cm³/mol. The smallest absolute Gasteiger partial charge is 0.127 e. The predicted octanol–water partition coefficient (Wildman–Crippen LogP) is 3.97. The zero-order valence-corrected chi connectivity index (χ0v) is 12.3. The molecule has 3 atom stereocenters. The lowest BCUT2D eigenvalue weighted by molar-refractivity contribution is -0.0725. The maximum Gasteiger partial charge on any atom is 0.127 e. The normalized spacial score (nSPS) is 27.6. The molecule has 2 nitrogen and oxygen atoms in total. The van der Waals surface area contributed by atoms with Crippen molar-refractivity contribution < 1.29 is 9.47 Å². The summed E-state index contributed by atoms with van der Waals surface area (Å²) in [6, 6.07) is 5.71. The summed E-state index contributed by atoms with van der Waals surface area (Å²) in [5, 5.41) is 0.702. The summed E-state index contributed by atoms with van der Waals surface area (Å²) in [7, 11) is 0. The number of aryl methyl sites for hydroxylation is 1. The average molecular weight is 320 g/mol. The number of hydrogen-bond donors (Lipinski definition) is 0. The second-order valence-corrected chi connectivity index (χ2v) is 5.85. The molecule has 0 bridgehead atoms. The Kier molecular flexibility index (Phi) is 4.34. The molecule has 0 aromatic heterocycles. The van der Waals surface area contributed by atoms with Crippen molar-refractivity contribution in [1.82, 2.24) is 0 Å². The first kappa shape index (κ1) is 13.2. The third kappa shape index (κ3) is 2.95. The third-order valence-corrected chi connectivity index (χ3v) is 4.10. The largest absolute Gasteiger partial charge is 0.487 e. The van der Waals surface area contributed by atoms with Gasteiger partial charge in [0.1, 0.15) is 18.0 Å². The van der Waals surface area contributed by atoms with Gasteiger partial charge >= 0.3 is 0 Å². The van der Waals surface area contributed by atoms with E-state index in [1.807, 2.05) is 32.0 Å². The van der Waals surface area contributed by atoms with E-state index in [9.17, 15) is 0 Å². The van der Waals surface area contributed by atoms with Gasteiger partial charge in [0, 0.05) is 22.9 Å². The quantitative estimate of drug-likeness (QED) is 0.782. The molecule has 1 aliphatic carbocycles. The van der Waals surface area contributed by atoms with Crippen LogP contribution in [0.2, 0.25) is 5.02 Å². The number of alkyl halides is 1. The monoisotopic (exact) mass is 318 g/mol. The minimum atomic E-state index is 0.122. The first-order valence-corrected chi connectivity index (χ1v) is 7.09. The Morgan fingerprint density at radius 2 is 2.24 bits per heavy atom. The number of ether oxygens (including phenoxy) is 2. The zero-order valence-electron chi connectivity index (χ0n) is 9.95. The summed E-state index contributed by atoms with van der Waals surface area (Å²) in [5.41, 5.74) is 1.10. The number of hydrogen-bond acceptors (Lipinski definition) is 2. The topological polar surface area (TPSA) is 18.5 Å². The van der Waals surface area contributed by atoms with E-state index in [1.165, 1.54) is 0 Å². The van der Waals surface area contributed by atoms with E-state index < -0.39 is 0 Å². The summed E-state index contributed by atoms with van der Waals surface area (Å²) in [6.45, 7) is 4.73. The molecular formula is C13H16BrClO2. The van der Waals surface area contributed by atoms with Crippen molar-refractivity contribution >= 4 is 27.5 Å². The molecule has 1 aromatic carbocycles. The van der Waals surface area contributed by atoms with Crippen molar-refractivity contribution in [2.45, 2.75) is 37.3 Å². The van der Waals surface area contributed by atoms with Crippen LogP contribution in [0, 0.1) is 6.92 Å². The molecule has 17 heavy (non-hydrogen) atoms. The number of rotatable bonds is 4. The maximum absolute atomic E-state index is 5.97. The summed E-state index contributed by atoms with van der Waals surface area (Å²) in [4.78, 5) is 0.395. The molecule has 0 aliphatic heterocycles. The van der Waals surface area contributed by atoms with Gasteiger partial charge in [0.05, 0.1) is 0 Å². The van der Waals surface area contributed by atoms with E-state index in [0.717, 1.165) is 17.7 Å². The fourth-order valence-electron chi connectivity index (χ4n) is 1.91. The van der Waals surface area contributed by atoms with E-state index in [4.69, 9.17) is 21.1 Å². The van der Waals surface area contributed by atoms with Crippen molar-refractivity contribution in [3.05, 3.63) is 28.8 Å². The molecule has 0 spiro atoms. The first-order chi connectivity index (χ1) is 8.11. The van der Waals surface area contributed by atoms with Crippen LogP contribution in [0.3, 0.4) is 0 Å². The average Bonchev–Trinajstić information content (AvgIpc) is 2.30. The van der Waals surface area contributed by atoms with E-state index >= 15 is 0 Å².